The number of carbonyl (C=O) groups is 1. The standard InChI is InChI=1S/C22H21FN4O3/c1-29-19-8-7-17(11-20(19)30-2)25-22(28)27-10-9-18-15(13-27)12-24-21(26-18)14-3-5-16(23)6-4-14/h3-8,11-12H,9-10,13H2,1-2H3,(H,25,28). The van der Waals surface area contributed by atoms with Gasteiger partial charge in [-0.05, 0) is 36.4 Å². The Kier molecular flexibility index (Phi) is 5.47. The summed E-state index contributed by atoms with van der Waals surface area (Å²) in [6.07, 6.45) is 2.35. The molecule has 0 saturated carbocycles. The molecule has 154 valence electrons. The average molecular weight is 408 g/mol. The highest BCUT2D eigenvalue weighted by molar-refractivity contribution is 5.90. The number of methoxy groups -OCH3 is 2. The predicted octanol–water partition coefficient (Wildman–Crippen LogP) is 3.89. The zero-order valence-corrected chi connectivity index (χ0v) is 16.7. The molecule has 0 aliphatic carbocycles. The summed E-state index contributed by atoms with van der Waals surface area (Å²) < 4.78 is 23.6. The molecule has 2 heterocycles. The molecule has 0 saturated heterocycles. The van der Waals surface area contributed by atoms with Crippen molar-refractivity contribution in [3.8, 4) is 22.9 Å². The lowest BCUT2D eigenvalue weighted by molar-refractivity contribution is 0.206. The van der Waals surface area contributed by atoms with E-state index in [2.05, 4.69) is 15.3 Å². The van der Waals surface area contributed by atoms with Crippen LogP contribution < -0.4 is 14.8 Å². The second-order valence-electron chi connectivity index (χ2n) is 6.84. The van der Waals surface area contributed by atoms with Gasteiger partial charge < -0.3 is 19.7 Å². The van der Waals surface area contributed by atoms with Gasteiger partial charge in [-0.1, -0.05) is 0 Å². The maximum Gasteiger partial charge on any atom is 0.322 e. The lowest BCUT2D eigenvalue weighted by Crippen LogP contribution is -2.39. The van der Waals surface area contributed by atoms with Gasteiger partial charge in [0.2, 0.25) is 0 Å². The predicted molar refractivity (Wildman–Crippen MR) is 110 cm³/mol. The van der Waals surface area contributed by atoms with E-state index in [4.69, 9.17) is 9.47 Å². The van der Waals surface area contributed by atoms with Gasteiger partial charge in [0, 0.05) is 42.0 Å². The molecule has 1 aliphatic rings. The van der Waals surface area contributed by atoms with Gasteiger partial charge in [0.25, 0.3) is 0 Å². The summed E-state index contributed by atoms with van der Waals surface area (Å²) in [5, 5.41) is 2.89. The zero-order chi connectivity index (χ0) is 21.1. The van der Waals surface area contributed by atoms with E-state index in [-0.39, 0.29) is 11.8 Å². The topological polar surface area (TPSA) is 76.6 Å². The summed E-state index contributed by atoms with van der Waals surface area (Å²) in [7, 11) is 3.11. The van der Waals surface area contributed by atoms with Crippen molar-refractivity contribution in [2.24, 2.45) is 0 Å². The fourth-order valence-electron chi connectivity index (χ4n) is 3.34. The molecule has 1 aliphatic heterocycles. The van der Waals surface area contributed by atoms with Gasteiger partial charge in [0.05, 0.1) is 26.5 Å². The summed E-state index contributed by atoms with van der Waals surface area (Å²) in [5.74, 6) is 1.39. The van der Waals surface area contributed by atoms with Crippen molar-refractivity contribution in [1.82, 2.24) is 14.9 Å². The van der Waals surface area contributed by atoms with E-state index in [9.17, 15) is 9.18 Å². The van der Waals surface area contributed by atoms with Crippen LogP contribution in [0.25, 0.3) is 11.4 Å². The van der Waals surface area contributed by atoms with Crippen LogP contribution in [0.3, 0.4) is 0 Å². The fraction of sp³-hybridized carbons (Fsp3) is 0.227. The van der Waals surface area contributed by atoms with Crippen molar-refractivity contribution in [3.63, 3.8) is 0 Å². The Bertz CT molecular complexity index is 1070. The Labute approximate surface area is 173 Å². The minimum absolute atomic E-state index is 0.213. The molecule has 4 rings (SSSR count). The summed E-state index contributed by atoms with van der Waals surface area (Å²) in [5.41, 5.74) is 3.17. The van der Waals surface area contributed by atoms with Crippen LogP contribution in [0.2, 0.25) is 0 Å². The minimum atomic E-state index is -0.298. The van der Waals surface area contributed by atoms with E-state index in [1.165, 1.54) is 12.1 Å². The van der Waals surface area contributed by atoms with Gasteiger partial charge >= 0.3 is 6.03 Å². The molecule has 0 atom stereocenters. The summed E-state index contributed by atoms with van der Waals surface area (Å²) in [4.78, 5) is 23.4. The van der Waals surface area contributed by atoms with Crippen LogP contribution in [0, 0.1) is 5.82 Å². The third kappa shape index (κ3) is 4.03. The van der Waals surface area contributed by atoms with Crippen molar-refractivity contribution < 1.29 is 18.7 Å². The SMILES string of the molecule is COc1ccc(NC(=O)N2CCc3nc(-c4ccc(F)cc4)ncc3C2)cc1OC. The molecule has 1 aromatic heterocycles. The first-order valence-corrected chi connectivity index (χ1v) is 9.46. The number of benzene rings is 2. The van der Waals surface area contributed by atoms with E-state index in [0.717, 1.165) is 16.8 Å². The number of nitrogens with zero attached hydrogens (tertiary/aromatic N) is 3. The minimum Gasteiger partial charge on any atom is -0.493 e. The van der Waals surface area contributed by atoms with Crippen LogP contribution in [-0.2, 0) is 13.0 Å². The number of hydrogen-bond donors (Lipinski definition) is 1. The van der Waals surface area contributed by atoms with Crippen LogP contribution >= 0.6 is 0 Å². The van der Waals surface area contributed by atoms with E-state index >= 15 is 0 Å². The largest absolute Gasteiger partial charge is 0.493 e. The van der Waals surface area contributed by atoms with Crippen LogP contribution in [0.15, 0.2) is 48.7 Å². The van der Waals surface area contributed by atoms with Gasteiger partial charge in [-0.25, -0.2) is 19.2 Å². The molecule has 0 radical (unpaired) electrons. The summed E-state index contributed by atoms with van der Waals surface area (Å²) >= 11 is 0. The molecule has 0 unspecified atom stereocenters. The Balaban J connectivity index is 1.46. The summed E-state index contributed by atoms with van der Waals surface area (Å²) in [6, 6.07) is 11.1. The maximum absolute atomic E-state index is 13.1. The molecule has 0 fully saturated rings. The number of hydrogen-bond acceptors (Lipinski definition) is 5. The molecule has 0 spiro atoms. The molecule has 8 heteroatoms. The Morgan fingerprint density at radius 2 is 1.87 bits per heavy atom. The number of fused-ring (bicyclic) bond motifs is 1. The molecular formula is C22H21FN4O3. The van der Waals surface area contributed by atoms with Crippen LogP contribution in [0.1, 0.15) is 11.3 Å². The van der Waals surface area contributed by atoms with Gasteiger partial charge in [-0.15, -0.1) is 0 Å². The van der Waals surface area contributed by atoms with Gasteiger partial charge in [0.1, 0.15) is 5.82 Å². The lowest BCUT2D eigenvalue weighted by atomic mass is 10.1. The van der Waals surface area contributed by atoms with Crippen molar-refractivity contribution in [3.05, 3.63) is 65.7 Å². The number of rotatable bonds is 4. The molecule has 7 nitrogen and oxygen atoms in total. The molecular weight excluding hydrogens is 387 g/mol. The number of halogens is 1. The number of ether oxygens (including phenoxy) is 2. The van der Waals surface area contributed by atoms with Gasteiger partial charge in [-0.2, -0.15) is 0 Å². The van der Waals surface area contributed by atoms with Crippen LogP contribution in [0.5, 0.6) is 11.5 Å². The number of carbonyl (C=O) groups excluding carboxylic acids is 1. The van der Waals surface area contributed by atoms with Crippen LogP contribution in [0.4, 0.5) is 14.9 Å². The Morgan fingerprint density at radius 1 is 1.10 bits per heavy atom. The van der Waals surface area contributed by atoms with Crippen molar-refractivity contribution in [2.75, 3.05) is 26.1 Å². The third-order valence-corrected chi connectivity index (χ3v) is 4.96. The van der Waals surface area contributed by atoms with E-state index in [1.807, 2.05) is 0 Å². The first-order chi connectivity index (χ1) is 14.6. The molecule has 0 bridgehead atoms. The molecule has 3 aromatic rings. The van der Waals surface area contributed by atoms with E-state index < -0.39 is 0 Å². The quantitative estimate of drug-likeness (QED) is 0.709. The number of anilines is 1. The second-order valence-corrected chi connectivity index (χ2v) is 6.84. The Morgan fingerprint density at radius 3 is 2.60 bits per heavy atom. The highest BCUT2D eigenvalue weighted by Crippen LogP contribution is 2.30. The lowest BCUT2D eigenvalue weighted by Gasteiger charge is -2.28. The normalized spacial score (nSPS) is 12.8. The Hall–Kier alpha value is -3.68. The number of nitrogens with one attached hydrogen (secondary N) is 1. The van der Waals surface area contributed by atoms with Gasteiger partial charge in [0.15, 0.2) is 17.3 Å². The molecule has 2 amide bonds. The highest BCUT2D eigenvalue weighted by atomic mass is 19.1. The summed E-state index contributed by atoms with van der Waals surface area (Å²) in [6.45, 7) is 0.949. The number of urea groups is 1. The molecule has 2 aromatic carbocycles. The van der Waals surface area contributed by atoms with Crippen molar-refractivity contribution in [1.29, 1.82) is 0 Å². The smallest absolute Gasteiger partial charge is 0.322 e. The van der Waals surface area contributed by atoms with E-state index in [0.29, 0.717) is 42.5 Å². The fourth-order valence-corrected chi connectivity index (χ4v) is 3.34. The zero-order valence-electron chi connectivity index (χ0n) is 16.7. The van der Waals surface area contributed by atoms with Gasteiger partial charge in [-0.3, -0.25) is 0 Å². The number of amides is 2. The number of aromatic nitrogens is 2. The first-order valence-electron chi connectivity index (χ1n) is 9.46. The second kappa shape index (κ2) is 8.36. The maximum atomic E-state index is 13.1. The molecule has 30 heavy (non-hydrogen) atoms. The van der Waals surface area contributed by atoms with E-state index in [1.54, 1.807) is 55.6 Å². The monoisotopic (exact) mass is 408 g/mol. The average Bonchev–Trinajstić information content (AvgIpc) is 2.78. The highest BCUT2D eigenvalue weighted by Gasteiger charge is 2.23. The van der Waals surface area contributed by atoms with Crippen molar-refractivity contribution >= 4 is 11.7 Å². The first kappa shape index (κ1) is 19.6. The third-order valence-electron chi connectivity index (χ3n) is 4.96. The van der Waals surface area contributed by atoms with Crippen LogP contribution in [-0.4, -0.2) is 41.7 Å². The molecule has 1 N–H and O–H groups in total. The van der Waals surface area contributed by atoms with Crippen molar-refractivity contribution in [2.45, 2.75) is 13.0 Å².